The molecule has 0 amide bonds. The molecule has 0 fully saturated rings. The molecule has 0 aromatic heterocycles. The van der Waals surface area contributed by atoms with Crippen LogP contribution in [0, 0.1) is 0 Å². The van der Waals surface area contributed by atoms with Crippen LogP contribution in [0.5, 0.6) is 0 Å². The Bertz CT molecular complexity index is 11.6. The van der Waals surface area contributed by atoms with Crippen LogP contribution in [0.4, 0.5) is 0 Å². The minimum Gasteiger partial charge on any atom is -0.153 e. The average Bonchev–Trinajstić information content (AvgIpc) is 0. The van der Waals surface area contributed by atoms with Gasteiger partial charge in [-0.2, -0.15) is 9.90 Å². The summed E-state index contributed by atoms with van der Waals surface area (Å²) >= 11 is 0. The molecule has 2 radical (unpaired) electrons. The van der Waals surface area contributed by atoms with Crippen molar-refractivity contribution in [3.63, 3.8) is 0 Å². The molecule has 0 saturated carbocycles. The quantitative estimate of drug-likeness (QED) is 0.432. The van der Waals surface area contributed by atoms with Crippen molar-refractivity contribution in [1.82, 2.24) is 0 Å². The van der Waals surface area contributed by atoms with Gasteiger partial charge in [0.25, 0.3) is 0 Å². The number of hydrogen-bond acceptors (Lipinski definition) is 0. The molecule has 5 heavy (non-hydrogen) atoms. The molecule has 0 rings (SSSR count). The van der Waals surface area contributed by atoms with Gasteiger partial charge in [0.15, 0.2) is 0 Å². The van der Waals surface area contributed by atoms with E-state index < -0.39 is 0 Å². The SMILES string of the molecule is P.[Cu].[Fe].[Mn].[Zn]. The minimum atomic E-state index is 0. The maximum Gasteiger partial charge on any atom is 0 e. The number of rotatable bonds is 0. The van der Waals surface area contributed by atoms with Gasteiger partial charge in [-0.25, -0.2) is 0 Å². The molecule has 1 atom stereocenters. The largest absolute Gasteiger partial charge is 0.153 e. The summed E-state index contributed by atoms with van der Waals surface area (Å²) in [5.41, 5.74) is 0. The molecule has 5 heteroatoms. The fourth-order valence-electron chi connectivity index (χ4n) is 0. The van der Waals surface area contributed by atoms with Crippen LogP contribution >= 0.6 is 9.90 Å². The summed E-state index contributed by atoms with van der Waals surface area (Å²) in [6, 6.07) is 0. The molecule has 0 aromatic rings. The second-order valence-corrected chi connectivity index (χ2v) is 0. The summed E-state index contributed by atoms with van der Waals surface area (Å²) < 4.78 is 0. The van der Waals surface area contributed by atoms with Crippen molar-refractivity contribution >= 4 is 9.90 Å². The van der Waals surface area contributed by atoms with Gasteiger partial charge in [0.05, 0.1) is 0 Å². The molecule has 0 spiro atoms. The summed E-state index contributed by atoms with van der Waals surface area (Å²) in [7, 11) is 0. The zero-order valence-electron chi connectivity index (χ0n) is 2.45. The van der Waals surface area contributed by atoms with Crippen LogP contribution in [0.25, 0.3) is 0 Å². The molecule has 0 aliphatic rings. The molecule has 1 unspecified atom stereocenters. The van der Waals surface area contributed by atoms with E-state index in [-0.39, 0.29) is 80.6 Å². The molecule has 0 N–H and O–H groups in total. The van der Waals surface area contributed by atoms with Crippen LogP contribution in [-0.4, -0.2) is 0 Å². The van der Waals surface area contributed by atoms with E-state index in [0.717, 1.165) is 0 Å². The van der Waals surface area contributed by atoms with Gasteiger partial charge in [-0.3, -0.25) is 0 Å². The minimum absolute atomic E-state index is 0. The average molecular weight is 274 g/mol. The van der Waals surface area contributed by atoms with Gasteiger partial charge in [0.2, 0.25) is 0 Å². The van der Waals surface area contributed by atoms with Crippen LogP contribution in [0.1, 0.15) is 0 Å². The van der Waals surface area contributed by atoms with Crippen LogP contribution in [0.15, 0.2) is 0 Å². The van der Waals surface area contributed by atoms with E-state index in [9.17, 15) is 0 Å². The fourth-order valence-corrected chi connectivity index (χ4v) is 0. The van der Waals surface area contributed by atoms with Crippen molar-refractivity contribution < 1.29 is 70.7 Å². The van der Waals surface area contributed by atoms with E-state index in [1.54, 1.807) is 0 Å². The molecular weight excluding hydrogens is 271 g/mol. The van der Waals surface area contributed by atoms with Gasteiger partial charge in [0, 0.05) is 70.7 Å². The first kappa shape index (κ1) is 48.8. The van der Waals surface area contributed by atoms with Gasteiger partial charge in [-0.05, 0) is 0 Å². The Morgan fingerprint density at radius 1 is 1.00 bits per heavy atom. The van der Waals surface area contributed by atoms with Gasteiger partial charge in [-0.1, -0.05) is 0 Å². The first-order chi connectivity index (χ1) is 0. The normalized spacial score (nSPS) is 0. The van der Waals surface area contributed by atoms with Crippen LogP contribution in [0.3, 0.4) is 0 Å². The molecule has 0 aromatic carbocycles. The van der Waals surface area contributed by atoms with Gasteiger partial charge >= 0.3 is 0 Å². The van der Waals surface area contributed by atoms with Crippen LogP contribution in [0.2, 0.25) is 0 Å². The molecule has 0 nitrogen and oxygen atoms in total. The van der Waals surface area contributed by atoms with Crippen molar-refractivity contribution in [2.75, 3.05) is 0 Å². The number of hydrogen-bond donors (Lipinski definition) is 0. The van der Waals surface area contributed by atoms with Crippen molar-refractivity contribution in [3.8, 4) is 0 Å². The maximum absolute atomic E-state index is 0. The second-order valence-electron chi connectivity index (χ2n) is 0. The van der Waals surface area contributed by atoms with E-state index in [1.807, 2.05) is 0 Å². The van der Waals surface area contributed by atoms with E-state index in [1.165, 1.54) is 0 Å². The summed E-state index contributed by atoms with van der Waals surface area (Å²) in [5.74, 6) is 0. The zero-order chi connectivity index (χ0) is 0. The third-order valence-corrected chi connectivity index (χ3v) is 0. The van der Waals surface area contributed by atoms with E-state index in [4.69, 9.17) is 0 Å². The van der Waals surface area contributed by atoms with Crippen LogP contribution < -0.4 is 0 Å². The molecule has 0 aliphatic heterocycles. The molecular formula is H3CuFeMnPZn. The van der Waals surface area contributed by atoms with Gasteiger partial charge in [0.1, 0.15) is 0 Å². The Kier molecular flexibility index (Phi) is 298. The Hall–Kier alpha value is 2.61. The molecule has 0 bridgehead atoms. The van der Waals surface area contributed by atoms with Crippen molar-refractivity contribution in [1.29, 1.82) is 0 Å². The predicted octanol–water partition coefficient (Wildman–Crippen LogP) is 0.0481. The Labute approximate surface area is 79.8 Å². The second kappa shape index (κ2) is 30.5. The molecule has 0 heterocycles. The van der Waals surface area contributed by atoms with Gasteiger partial charge < -0.3 is 0 Å². The third-order valence-electron chi connectivity index (χ3n) is 0. The topological polar surface area (TPSA) is 0 Å². The predicted molar refractivity (Wildman–Crippen MR) is 11.1 cm³/mol. The summed E-state index contributed by atoms with van der Waals surface area (Å²) in [5, 5.41) is 0. The summed E-state index contributed by atoms with van der Waals surface area (Å²) in [4.78, 5) is 0. The Morgan fingerprint density at radius 3 is 1.00 bits per heavy atom. The monoisotopic (exact) mass is 272 g/mol. The molecule has 36 valence electrons. The fraction of sp³-hybridized carbons (Fsp3) is 0. The van der Waals surface area contributed by atoms with Gasteiger partial charge in [-0.15, -0.1) is 0 Å². The zero-order valence-corrected chi connectivity index (χ0v) is 10.1. The standard InChI is InChI=1S/Cu.Fe.Mn.H3P.Zn/h;;;1H3;. The van der Waals surface area contributed by atoms with Crippen molar-refractivity contribution in [2.24, 2.45) is 0 Å². The van der Waals surface area contributed by atoms with E-state index in [2.05, 4.69) is 0 Å². The van der Waals surface area contributed by atoms with Crippen molar-refractivity contribution in [2.45, 2.75) is 0 Å². The molecule has 0 aliphatic carbocycles. The first-order valence-corrected chi connectivity index (χ1v) is 0. The third kappa shape index (κ3) is 20.6. The molecule has 0 saturated heterocycles. The summed E-state index contributed by atoms with van der Waals surface area (Å²) in [6.07, 6.45) is 0. The Morgan fingerprint density at radius 2 is 1.00 bits per heavy atom. The van der Waals surface area contributed by atoms with Crippen molar-refractivity contribution in [3.05, 3.63) is 0 Å². The summed E-state index contributed by atoms with van der Waals surface area (Å²) in [6.45, 7) is 0. The Balaban J connectivity index is 0. The maximum atomic E-state index is 0. The van der Waals surface area contributed by atoms with Crippen LogP contribution in [-0.2, 0) is 70.7 Å². The smallest absolute Gasteiger partial charge is 0 e. The van der Waals surface area contributed by atoms with E-state index >= 15 is 0 Å². The first-order valence-electron chi connectivity index (χ1n) is 0. The van der Waals surface area contributed by atoms with E-state index in [0.29, 0.717) is 0 Å².